The summed E-state index contributed by atoms with van der Waals surface area (Å²) in [5.74, 6) is -2.13. The molecule has 0 saturated carbocycles. The predicted octanol–water partition coefficient (Wildman–Crippen LogP) is 3.58. The summed E-state index contributed by atoms with van der Waals surface area (Å²) in [7, 11) is 0. The van der Waals surface area contributed by atoms with Crippen molar-refractivity contribution in [3.8, 4) is 0 Å². The van der Waals surface area contributed by atoms with Crippen molar-refractivity contribution in [2.45, 2.75) is 26.4 Å². The number of carbonyl (C=O) groups excluding carboxylic acids is 1. The van der Waals surface area contributed by atoms with Gasteiger partial charge in [0, 0.05) is 0 Å². The van der Waals surface area contributed by atoms with Gasteiger partial charge < -0.3 is 0 Å². The van der Waals surface area contributed by atoms with Crippen LogP contribution in [-0.2, 0) is 0 Å². The van der Waals surface area contributed by atoms with E-state index in [1.807, 2.05) is 0 Å². The minimum Gasteiger partial charge on any atom is -0.294 e. The summed E-state index contributed by atoms with van der Waals surface area (Å²) in [4.78, 5) is 11.3. The zero-order valence-electron chi connectivity index (χ0n) is 8.78. The molecule has 1 aromatic carbocycles. The zero-order valence-corrected chi connectivity index (χ0v) is 8.78. The van der Waals surface area contributed by atoms with E-state index in [2.05, 4.69) is 0 Å². The second kappa shape index (κ2) is 4.23. The van der Waals surface area contributed by atoms with Gasteiger partial charge in [-0.15, -0.1) is 0 Å². The van der Waals surface area contributed by atoms with Gasteiger partial charge in [-0.05, 0) is 31.0 Å². The molecule has 0 aromatic heterocycles. The molecule has 0 atom stereocenters. The van der Waals surface area contributed by atoms with Gasteiger partial charge in [0.05, 0.1) is 5.56 Å². The molecule has 0 radical (unpaired) electrons. The van der Waals surface area contributed by atoms with Crippen molar-refractivity contribution in [3.05, 3.63) is 34.6 Å². The average molecular weight is 234 g/mol. The van der Waals surface area contributed by atoms with E-state index in [0.717, 1.165) is 6.07 Å². The van der Waals surface area contributed by atoms with Gasteiger partial charge in [0.1, 0.15) is 12.2 Å². The van der Waals surface area contributed by atoms with Crippen LogP contribution in [0.2, 0.25) is 0 Å². The SMILES string of the molecule is Cc1cc(C)c(C(=O)CC(F)(F)F)c(F)c1. The normalized spacial score (nSPS) is 11.6. The van der Waals surface area contributed by atoms with Gasteiger partial charge in [-0.25, -0.2) is 4.39 Å². The molecule has 5 heteroatoms. The Morgan fingerprint density at radius 1 is 1.25 bits per heavy atom. The van der Waals surface area contributed by atoms with Crippen LogP contribution in [0.25, 0.3) is 0 Å². The first-order valence-corrected chi connectivity index (χ1v) is 4.57. The molecule has 0 heterocycles. The molecule has 0 bridgehead atoms. The van der Waals surface area contributed by atoms with Crippen LogP contribution >= 0.6 is 0 Å². The standard InChI is InChI=1S/C11H10F4O/c1-6-3-7(2)10(8(12)4-6)9(16)5-11(13,14)15/h3-4H,5H2,1-2H3. The second-order valence-electron chi connectivity index (χ2n) is 3.65. The lowest BCUT2D eigenvalue weighted by Gasteiger charge is -2.09. The van der Waals surface area contributed by atoms with Crippen molar-refractivity contribution in [1.82, 2.24) is 0 Å². The van der Waals surface area contributed by atoms with Crippen molar-refractivity contribution in [1.29, 1.82) is 0 Å². The fourth-order valence-electron chi connectivity index (χ4n) is 1.54. The number of ketones is 1. The van der Waals surface area contributed by atoms with E-state index in [-0.39, 0.29) is 5.56 Å². The van der Waals surface area contributed by atoms with Crippen LogP contribution in [0.1, 0.15) is 27.9 Å². The van der Waals surface area contributed by atoms with E-state index >= 15 is 0 Å². The summed E-state index contributed by atoms with van der Waals surface area (Å²) in [6, 6.07) is 2.53. The minimum atomic E-state index is -4.61. The van der Waals surface area contributed by atoms with E-state index in [4.69, 9.17) is 0 Å². The first-order valence-electron chi connectivity index (χ1n) is 4.57. The molecule has 0 aliphatic heterocycles. The topological polar surface area (TPSA) is 17.1 Å². The lowest BCUT2D eigenvalue weighted by atomic mass is 9.99. The third-order valence-corrected chi connectivity index (χ3v) is 2.07. The molecule has 16 heavy (non-hydrogen) atoms. The average Bonchev–Trinajstić information content (AvgIpc) is 1.96. The summed E-state index contributed by atoms with van der Waals surface area (Å²) in [6.07, 6.45) is -6.24. The largest absolute Gasteiger partial charge is 0.396 e. The summed E-state index contributed by atoms with van der Waals surface area (Å²) in [6.45, 7) is 3.02. The van der Waals surface area contributed by atoms with Gasteiger partial charge in [0.15, 0.2) is 5.78 Å². The maximum atomic E-state index is 13.3. The highest BCUT2D eigenvalue weighted by atomic mass is 19.4. The Morgan fingerprint density at radius 2 is 1.81 bits per heavy atom. The van der Waals surface area contributed by atoms with E-state index in [1.165, 1.54) is 13.0 Å². The number of benzene rings is 1. The number of halogens is 4. The molecule has 0 unspecified atom stereocenters. The highest BCUT2D eigenvalue weighted by molar-refractivity contribution is 5.98. The van der Waals surface area contributed by atoms with Gasteiger partial charge in [0.2, 0.25) is 0 Å². The third-order valence-electron chi connectivity index (χ3n) is 2.07. The Morgan fingerprint density at radius 3 is 2.25 bits per heavy atom. The summed E-state index contributed by atoms with van der Waals surface area (Å²) in [5, 5.41) is 0. The van der Waals surface area contributed by atoms with Crippen LogP contribution in [0.5, 0.6) is 0 Å². The Hall–Kier alpha value is -1.39. The van der Waals surface area contributed by atoms with Crippen LogP contribution < -0.4 is 0 Å². The number of alkyl halides is 3. The molecule has 0 aliphatic carbocycles. The maximum Gasteiger partial charge on any atom is 0.396 e. The van der Waals surface area contributed by atoms with E-state index < -0.39 is 29.8 Å². The first-order chi connectivity index (χ1) is 7.20. The van der Waals surface area contributed by atoms with Gasteiger partial charge in [0.25, 0.3) is 0 Å². The number of rotatable bonds is 2. The van der Waals surface area contributed by atoms with E-state index in [1.54, 1.807) is 6.92 Å². The van der Waals surface area contributed by atoms with Crippen molar-refractivity contribution in [2.75, 3.05) is 0 Å². The third kappa shape index (κ3) is 3.05. The van der Waals surface area contributed by atoms with Crippen LogP contribution in [0.4, 0.5) is 17.6 Å². The number of carbonyl (C=O) groups is 1. The van der Waals surface area contributed by atoms with E-state index in [0.29, 0.717) is 5.56 Å². The molecular weight excluding hydrogens is 224 g/mol. The Bertz CT molecular complexity index is 397. The van der Waals surface area contributed by atoms with Crippen LogP contribution in [-0.4, -0.2) is 12.0 Å². The fraction of sp³-hybridized carbons (Fsp3) is 0.364. The lowest BCUT2D eigenvalue weighted by Crippen LogP contribution is -2.17. The van der Waals surface area contributed by atoms with Crippen LogP contribution in [0, 0.1) is 19.7 Å². The molecule has 1 aromatic rings. The van der Waals surface area contributed by atoms with Crippen LogP contribution in [0.3, 0.4) is 0 Å². The molecule has 1 nitrogen and oxygen atoms in total. The Balaban J connectivity index is 3.10. The Kier molecular flexibility index (Phi) is 3.35. The molecule has 0 amide bonds. The molecule has 1 rings (SSSR count). The summed E-state index contributed by atoms with van der Waals surface area (Å²) < 4.78 is 49.3. The number of hydrogen-bond acceptors (Lipinski definition) is 1. The quantitative estimate of drug-likeness (QED) is 0.564. The van der Waals surface area contributed by atoms with E-state index in [9.17, 15) is 22.4 Å². The summed E-state index contributed by atoms with van der Waals surface area (Å²) in [5.41, 5.74) is 0.327. The molecule has 0 aliphatic rings. The smallest absolute Gasteiger partial charge is 0.294 e. The molecule has 0 saturated heterocycles. The summed E-state index contributed by atoms with van der Waals surface area (Å²) >= 11 is 0. The Labute approximate surface area is 90.1 Å². The first kappa shape index (κ1) is 12.7. The monoisotopic (exact) mass is 234 g/mol. The predicted molar refractivity (Wildman–Crippen MR) is 50.9 cm³/mol. The number of hydrogen-bond donors (Lipinski definition) is 0. The van der Waals surface area contributed by atoms with Gasteiger partial charge in [-0.1, -0.05) is 6.07 Å². The van der Waals surface area contributed by atoms with Crippen molar-refractivity contribution >= 4 is 5.78 Å². The molecular formula is C11H10F4O. The van der Waals surface area contributed by atoms with Crippen molar-refractivity contribution in [2.24, 2.45) is 0 Å². The minimum absolute atomic E-state index is 0.228. The lowest BCUT2D eigenvalue weighted by molar-refractivity contribution is -0.125. The molecule has 88 valence electrons. The highest BCUT2D eigenvalue weighted by Gasteiger charge is 2.33. The van der Waals surface area contributed by atoms with Gasteiger partial charge >= 0.3 is 6.18 Å². The number of aryl methyl sites for hydroxylation is 2. The highest BCUT2D eigenvalue weighted by Crippen LogP contribution is 2.25. The zero-order chi connectivity index (χ0) is 12.5. The second-order valence-corrected chi connectivity index (χ2v) is 3.65. The van der Waals surface area contributed by atoms with Crippen LogP contribution in [0.15, 0.2) is 12.1 Å². The number of Topliss-reactive ketones (excluding diaryl/α,β-unsaturated/α-hetero) is 1. The molecule has 0 N–H and O–H groups in total. The maximum absolute atomic E-state index is 13.3. The van der Waals surface area contributed by atoms with Gasteiger partial charge in [-0.3, -0.25) is 4.79 Å². The van der Waals surface area contributed by atoms with Crippen molar-refractivity contribution < 1.29 is 22.4 Å². The van der Waals surface area contributed by atoms with Gasteiger partial charge in [-0.2, -0.15) is 13.2 Å². The fourth-order valence-corrected chi connectivity index (χ4v) is 1.54. The molecule has 0 spiro atoms. The van der Waals surface area contributed by atoms with Crippen molar-refractivity contribution in [3.63, 3.8) is 0 Å². The molecule has 0 fully saturated rings.